The second kappa shape index (κ2) is 8.22. The Hall–Kier alpha value is -2.55. The van der Waals surface area contributed by atoms with Crippen LogP contribution in [0.3, 0.4) is 0 Å². The summed E-state index contributed by atoms with van der Waals surface area (Å²) in [4.78, 5) is 0. The molecule has 28 heavy (non-hydrogen) atoms. The average Bonchev–Trinajstić information content (AvgIpc) is 2.68. The summed E-state index contributed by atoms with van der Waals surface area (Å²) in [5.41, 5.74) is 4.19. The number of methoxy groups -OCH3 is 2. The number of rotatable bonds is 6. The molecular formula is C25H32NO2+. The topological polar surface area (TPSA) is 22.3 Å². The predicted octanol–water partition coefficient (Wildman–Crippen LogP) is 5.44. The molecule has 3 aromatic rings. The van der Waals surface area contributed by atoms with Gasteiger partial charge in [-0.3, -0.25) is 0 Å². The summed E-state index contributed by atoms with van der Waals surface area (Å²) in [6.45, 7) is 9.84. The molecule has 1 aromatic heterocycles. The quantitative estimate of drug-likeness (QED) is 0.533. The first-order valence-electron chi connectivity index (χ1n) is 10.0. The van der Waals surface area contributed by atoms with E-state index in [2.05, 4.69) is 80.9 Å². The van der Waals surface area contributed by atoms with Crippen LogP contribution in [0.5, 0.6) is 11.5 Å². The molecule has 0 fully saturated rings. The van der Waals surface area contributed by atoms with Crippen LogP contribution >= 0.6 is 0 Å². The van der Waals surface area contributed by atoms with Crippen molar-refractivity contribution in [2.45, 2.75) is 52.5 Å². The summed E-state index contributed by atoms with van der Waals surface area (Å²) >= 11 is 0. The summed E-state index contributed by atoms with van der Waals surface area (Å²) in [5.74, 6) is 1.55. The van der Waals surface area contributed by atoms with Gasteiger partial charge < -0.3 is 9.47 Å². The standard InChI is InChI=1S/C25H32NO2/c1-7-8-22-21-16-24(28-6)23(27-5)15-19(21)13-14-26(22)17-18-9-11-20(12-10-18)25(2,3)4/h9-16H,7-8,17H2,1-6H3/q+1. The molecule has 0 bridgehead atoms. The van der Waals surface area contributed by atoms with E-state index in [0.717, 1.165) is 30.9 Å². The number of aryl methyl sites for hydroxylation is 1. The van der Waals surface area contributed by atoms with Crippen LogP contribution in [0.15, 0.2) is 48.7 Å². The predicted molar refractivity (Wildman–Crippen MR) is 115 cm³/mol. The maximum Gasteiger partial charge on any atom is 0.189 e. The fourth-order valence-corrected chi connectivity index (χ4v) is 3.67. The zero-order valence-electron chi connectivity index (χ0n) is 18.0. The van der Waals surface area contributed by atoms with E-state index >= 15 is 0 Å². The Morgan fingerprint density at radius 2 is 1.54 bits per heavy atom. The molecule has 1 heterocycles. The lowest BCUT2D eigenvalue weighted by Gasteiger charge is -2.19. The van der Waals surface area contributed by atoms with E-state index in [9.17, 15) is 0 Å². The minimum atomic E-state index is 0.178. The van der Waals surface area contributed by atoms with Crippen LogP contribution in [0.2, 0.25) is 0 Å². The average molecular weight is 379 g/mol. The summed E-state index contributed by atoms with van der Waals surface area (Å²) in [6.07, 6.45) is 4.31. The van der Waals surface area contributed by atoms with Crippen molar-refractivity contribution >= 4 is 10.8 Å². The Morgan fingerprint density at radius 3 is 2.11 bits per heavy atom. The largest absolute Gasteiger partial charge is 0.493 e. The molecule has 0 atom stereocenters. The van der Waals surface area contributed by atoms with E-state index in [-0.39, 0.29) is 5.41 Å². The summed E-state index contributed by atoms with van der Waals surface area (Å²) in [5, 5.41) is 2.41. The highest BCUT2D eigenvalue weighted by molar-refractivity contribution is 5.87. The van der Waals surface area contributed by atoms with E-state index in [4.69, 9.17) is 9.47 Å². The number of aromatic nitrogens is 1. The molecule has 0 N–H and O–H groups in total. The van der Waals surface area contributed by atoms with Gasteiger partial charge in [0.15, 0.2) is 29.9 Å². The first-order chi connectivity index (χ1) is 13.4. The molecule has 3 rings (SSSR count). The maximum atomic E-state index is 5.55. The van der Waals surface area contributed by atoms with E-state index in [0.29, 0.717) is 0 Å². The van der Waals surface area contributed by atoms with E-state index < -0.39 is 0 Å². The molecule has 0 unspecified atom stereocenters. The molecule has 0 radical (unpaired) electrons. The molecule has 2 aromatic carbocycles. The molecule has 0 spiro atoms. The Bertz CT molecular complexity index is 953. The lowest BCUT2D eigenvalue weighted by Crippen LogP contribution is -2.38. The van der Waals surface area contributed by atoms with Gasteiger partial charge in [0.25, 0.3) is 0 Å². The monoisotopic (exact) mass is 378 g/mol. The number of ether oxygens (including phenoxy) is 2. The Kier molecular flexibility index (Phi) is 5.93. The summed E-state index contributed by atoms with van der Waals surface area (Å²) in [6, 6.07) is 15.4. The van der Waals surface area contributed by atoms with Gasteiger partial charge in [-0.05, 0) is 34.9 Å². The van der Waals surface area contributed by atoms with Gasteiger partial charge in [-0.1, -0.05) is 52.0 Å². The van der Waals surface area contributed by atoms with E-state index in [1.54, 1.807) is 14.2 Å². The van der Waals surface area contributed by atoms with Crippen molar-refractivity contribution in [2.75, 3.05) is 14.2 Å². The van der Waals surface area contributed by atoms with Gasteiger partial charge in [0.1, 0.15) is 0 Å². The fraction of sp³-hybridized carbons (Fsp3) is 0.400. The highest BCUT2D eigenvalue weighted by Gasteiger charge is 2.19. The van der Waals surface area contributed by atoms with Gasteiger partial charge in [-0.2, -0.15) is 4.57 Å². The summed E-state index contributed by atoms with van der Waals surface area (Å²) < 4.78 is 13.4. The molecule has 0 aliphatic carbocycles. The van der Waals surface area contributed by atoms with Gasteiger partial charge in [0.2, 0.25) is 0 Å². The molecule has 3 nitrogen and oxygen atoms in total. The first kappa shape index (κ1) is 20.2. The van der Waals surface area contributed by atoms with Crippen LogP contribution in [0.4, 0.5) is 0 Å². The van der Waals surface area contributed by atoms with Crippen LogP contribution < -0.4 is 14.0 Å². The second-order valence-electron chi connectivity index (χ2n) is 8.38. The zero-order chi connectivity index (χ0) is 20.3. The van der Waals surface area contributed by atoms with Gasteiger partial charge in [0.05, 0.1) is 19.6 Å². The van der Waals surface area contributed by atoms with Crippen LogP contribution in [0.25, 0.3) is 10.8 Å². The molecule has 148 valence electrons. The van der Waals surface area contributed by atoms with Crippen molar-refractivity contribution in [1.29, 1.82) is 0 Å². The summed E-state index contributed by atoms with van der Waals surface area (Å²) in [7, 11) is 3.37. The molecule has 0 aliphatic heterocycles. The highest BCUT2D eigenvalue weighted by Crippen LogP contribution is 2.33. The first-order valence-corrected chi connectivity index (χ1v) is 10.0. The fourth-order valence-electron chi connectivity index (χ4n) is 3.67. The van der Waals surface area contributed by atoms with E-state index in [1.807, 2.05) is 0 Å². The zero-order valence-corrected chi connectivity index (χ0v) is 18.0. The SMILES string of the molecule is CCCc1c2cc(OC)c(OC)cc2cc[n+]1Cc1ccc(C(C)(C)C)cc1. The molecular weight excluding hydrogens is 346 g/mol. The Labute approximate surface area is 168 Å². The number of benzene rings is 2. The van der Waals surface area contributed by atoms with Gasteiger partial charge in [0, 0.05) is 18.1 Å². The van der Waals surface area contributed by atoms with Gasteiger partial charge >= 0.3 is 0 Å². The van der Waals surface area contributed by atoms with E-state index in [1.165, 1.54) is 27.6 Å². The van der Waals surface area contributed by atoms with Crippen molar-refractivity contribution < 1.29 is 14.0 Å². The third-order valence-electron chi connectivity index (χ3n) is 5.31. The van der Waals surface area contributed by atoms with Crippen molar-refractivity contribution in [2.24, 2.45) is 0 Å². The third-order valence-corrected chi connectivity index (χ3v) is 5.31. The lowest BCUT2D eigenvalue weighted by molar-refractivity contribution is -0.694. The molecule has 0 aliphatic rings. The molecule has 0 amide bonds. The number of pyridine rings is 1. The van der Waals surface area contributed by atoms with Crippen molar-refractivity contribution in [1.82, 2.24) is 0 Å². The van der Waals surface area contributed by atoms with Crippen molar-refractivity contribution in [3.63, 3.8) is 0 Å². The van der Waals surface area contributed by atoms with Crippen LogP contribution in [-0.2, 0) is 18.4 Å². The van der Waals surface area contributed by atoms with Crippen LogP contribution in [0.1, 0.15) is 50.9 Å². The minimum Gasteiger partial charge on any atom is -0.493 e. The molecule has 0 saturated carbocycles. The van der Waals surface area contributed by atoms with Gasteiger partial charge in [-0.15, -0.1) is 0 Å². The number of nitrogens with zero attached hydrogens (tertiary/aromatic N) is 1. The number of hydrogen-bond donors (Lipinski definition) is 0. The van der Waals surface area contributed by atoms with Crippen LogP contribution in [-0.4, -0.2) is 14.2 Å². The van der Waals surface area contributed by atoms with Crippen molar-refractivity contribution in [3.8, 4) is 11.5 Å². The Morgan fingerprint density at radius 1 is 0.893 bits per heavy atom. The van der Waals surface area contributed by atoms with Crippen molar-refractivity contribution in [3.05, 3.63) is 65.5 Å². The minimum absolute atomic E-state index is 0.178. The normalized spacial score (nSPS) is 11.6. The molecule has 0 saturated heterocycles. The maximum absolute atomic E-state index is 5.55. The third kappa shape index (κ3) is 4.14. The Balaban J connectivity index is 2.04. The van der Waals surface area contributed by atoms with Crippen LogP contribution in [0, 0.1) is 0 Å². The smallest absolute Gasteiger partial charge is 0.189 e. The lowest BCUT2D eigenvalue weighted by atomic mass is 9.87. The number of hydrogen-bond acceptors (Lipinski definition) is 2. The van der Waals surface area contributed by atoms with Gasteiger partial charge in [-0.25, -0.2) is 0 Å². The second-order valence-corrected chi connectivity index (χ2v) is 8.38. The highest BCUT2D eigenvalue weighted by atomic mass is 16.5. The molecule has 3 heteroatoms. The number of fused-ring (bicyclic) bond motifs is 1.